The summed E-state index contributed by atoms with van der Waals surface area (Å²) in [4.78, 5) is 29.2. The van der Waals surface area contributed by atoms with Crippen molar-refractivity contribution in [3.8, 4) is 0 Å². The normalized spacial score (nSPS) is 11.0. The molecule has 0 saturated carbocycles. The van der Waals surface area contributed by atoms with E-state index in [1.54, 1.807) is 24.3 Å². The zero-order valence-corrected chi connectivity index (χ0v) is 11.9. The van der Waals surface area contributed by atoms with Crippen molar-refractivity contribution in [3.63, 3.8) is 0 Å². The quantitative estimate of drug-likeness (QED) is 0.564. The minimum atomic E-state index is -0.452. The molecule has 0 aliphatic heterocycles. The van der Waals surface area contributed by atoms with Crippen molar-refractivity contribution < 1.29 is 0 Å². The number of para-hydroxylation sites is 2. The Balaban J connectivity index is 1.96. The number of hydrogen-bond acceptors (Lipinski definition) is 5. The van der Waals surface area contributed by atoms with Crippen LogP contribution in [0.3, 0.4) is 0 Å². The van der Waals surface area contributed by atoms with Crippen LogP contribution < -0.4 is 16.5 Å². The topological polar surface area (TPSA) is 81.3 Å². The van der Waals surface area contributed by atoms with E-state index >= 15 is 0 Å². The van der Waals surface area contributed by atoms with Crippen molar-refractivity contribution in [1.29, 1.82) is 0 Å². The molecule has 4 rings (SSSR count). The third kappa shape index (κ3) is 2.15. The molecule has 0 amide bonds. The zero-order valence-electron chi connectivity index (χ0n) is 11.9. The lowest BCUT2D eigenvalue weighted by atomic mass is 10.2. The van der Waals surface area contributed by atoms with Gasteiger partial charge >= 0.3 is 5.56 Å². The fourth-order valence-electron chi connectivity index (χ4n) is 2.36. The summed E-state index contributed by atoms with van der Waals surface area (Å²) in [7, 11) is 0. The van der Waals surface area contributed by atoms with Gasteiger partial charge in [0, 0.05) is 0 Å². The fraction of sp³-hybridized carbons (Fsp3) is 0. The van der Waals surface area contributed by atoms with Gasteiger partial charge in [0.05, 0.1) is 16.6 Å². The van der Waals surface area contributed by atoms with Crippen LogP contribution >= 0.6 is 0 Å². The van der Waals surface area contributed by atoms with Crippen LogP contribution in [0.5, 0.6) is 0 Å². The van der Waals surface area contributed by atoms with Crippen molar-refractivity contribution >= 4 is 22.2 Å². The van der Waals surface area contributed by atoms with E-state index in [1.807, 2.05) is 30.3 Å². The highest BCUT2D eigenvalue weighted by molar-refractivity contribution is 5.79. The maximum absolute atomic E-state index is 12.6. The Bertz CT molecular complexity index is 1130. The van der Waals surface area contributed by atoms with E-state index in [2.05, 4.69) is 15.5 Å². The van der Waals surface area contributed by atoms with Crippen LogP contribution in [0.2, 0.25) is 0 Å². The SMILES string of the molecule is O=c1c2nc3ccccc3c(=O)n2ncn1Nc1ccccc1. The molecule has 2 aromatic carbocycles. The van der Waals surface area contributed by atoms with Crippen LogP contribution in [0.25, 0.3) is 16.6 Å². The second kappa shape index (κ2) is 5.06. The molecule has 112 valence electrons. The second-order valence-corrected chi connectivity index (χ2v) is 4.95. The molecule has 4 aromatic rings. The molecule has 7 heteroatoms. The number of rotatable bonds is 2. The Kier molecular flexibility index (Phi) is 2.90. The van der Waals surface area contributed by atoms with E-state index in [4.69, 9.17) is 0 Å². The first kappa shape index (κ1) is 13.2. The molecule has 0 unspecified atom stereocenters. The highest BCUT2D eigenvalue weighted by atomic mass is 16.1. The number of benzene rings is 2. The van der Waals surface area contributed by atoms with E-state index < -0.39 is 5.56 Å². The minimum absolute atomic E-state index is 0.0281. The van der Waals surface area contributed by atoms with Gasteiger partial charge in [-0.15, -0.1) is 0 Å². The Hall–Kier alpha value is -3.48. The molecular formula is C16H11N5O2. The molecular weight excluding hydrogens is 294 g/mol. The Labute approximate surface area is 129 Å². The van der Waals surface area contributed by atoms with Crippen LogP contribution in [0.15, 0.2) is 70.5 Å². The molecule has 0 saturated heterocycles. The maximum atomic E-state index is 12.6. The van der Waals surface area contributed by atoms with Gasteiger partial charge in [-0.05, 0) is 24.3 Å². The first-order valence-corrected chi connectivity index (χ1v) is 6.95. The predicted molar refractivity (Wildman–Crippen MR) is 86.5 cm³/mol. The summed E-state index contributed by atoms with van der Waals surface area (Å²) in [6.45, 7) is 0. The number of fused-ring (bicyclic) bond motifs is 2. The average Bonchev–Trinajstić information content (AvgIpc) is 2.59. The van der Waals surface area contributed by atoms with Gasteiger partial charge in [0.25, 0.3) is 5.56 Å². The monoisotopic (exact) mass is 305 g/mol. The van der Waals surface area contributed by atoms with E-state index in [0.29, 0.717) is 10.9 Å². The van der Waals surface area contributed by atoms with Gasteiger partial charge in [-0.25, -0.2) is 9.66 Å². The van der Waals surface area contributed by atoms with Crippen LogP contribution in [0.1, 0.15) is 0 Å². The Morgan fingerprint density at radius 2 is 1.61 bits per heavy atom. The smallest absolute Gasteiger partial charge is 0.290 e. The molecule has 0 aliphatic rings. The molecule has 0 bridgehead atoms. The summed E-state index contributed by atoms with van der Waals surface area (Å²) in [5.74, 6) is 0. The molecule has 0 atom stereocenters. The summed E-state index contributed by atoms with van der Waals surface area (Å²) in [6.07, 6.45) is 1.26. The van der Waals surface area contributed by atoms with Crippen molar-refractivity contribution in [3.05, 3.63) is 81.6 Å². The molecule has 0 spiro atoms. The van der Waals surface area contributed by atoms with Crippen LogP contribution in [-0.2, 0) is 0 Å². The predicted octanol–water partition coefficient (Wildman–Crippen LogP) is 1.28. The van der Waals surface area contributed by atoms with E-state index in [9.17, 15) is 9.59 Å². The summed E-state index contributed by atoms with van der Waals surface area (Å²) < 4.78 is 2.22. The molecule has 7 nitrogen and oxygen atoms in total. The first-order valence-electron chi connectivity index (χ1n) is 6.95. The van der Waals surface area contributed by atoms with Crippen molar-refractivity contribution in [2.24, 2.45) is 0 Å². The largest absolute Gasteiger partial charge is 0.315 e. The molecule has 0 radical (unpaired) electrons. The highest BCUT2D eigenvalue weighted by Gasteiger charge is 2.10. The highest BCUT2D eigenvalue weighted by Crippen LogP contribution is 2.07. The number of nitrogens with one attached hydrogen (secondary N) is 1. The van der Waals surface area contributed by atoms with Crippen LogP contribution in [0.4, 0.5) is 5.69 Å². The maximum Gasteiger partial charge on any atom is 0.315 e. The molecule has 1 N–H and O–H groups in total. The average molecular weight is 305 g/mol. The van der Waals surface area contributed by atoms with Crippen molar-refractivity contribution in [2.45, 2.75) is 0 Å². The minimum Gasteiger partial charge on any atom is -0.290 e. The van der Waals surface area contributed by atoms with Gasteiger partial charge in [-0.2, -0.15) is 9.61 Å². The van der Waals surface area contributed by atoms with E-state index in [0.717, 1.165) is 10.2 Å². The Morgan fingerprint density at radius 1 is 0.870 bits per heavy atom. The lowest BCUT2D eigenvalue weighted by Crippen LogP contribution is -2.33. The molecule has 23 heavy (non-hydrogen) atoms. The van der Waals surface area contributed by atoms with Crippen LogP contribution in [-0.4, -0.2) is 19.3 Å². The molecule has 2 heterocycles. The number of hydrogen-bond donors (Lipinski definition) is 1. The van der Waals surface area contributed by atoms with Gasteiger partial charge in [-0.3, -0.25) is 15.0 Å². The third-order valence-corrected chi connectivity index (χ3v) is 3.47. The van der Waals surface area contributed by atoms with Gasteiger partial charge in [0.15, 0.2) is 0 Å². The summed E-state index contributed by atoms with van der Waals surface area (Å²) in [5, 5.41) is 4.45. The van der Waals surface area contributed by atoms with Crippen molar-refractivity contribution in [1.82, 2.24) is 19.3 Å². The summed E-state index contributed by atoms with van der Waals surface area (Å²) in [6, 6.07) is 16.1. The number of anilines is 1. The molecule has 0 fully saturated rings. The first-order chi connectivity index (χ1) is 11.2. The lowest BCUT2D eigenvalue weighted by Gasteiger charge is -2.09. The standard InChI is InChI=1S/C16H11N5O2/c22-15-12-8-4-5-9-13(12)18-14-16(23)20(10-17-21(14)15)19-11-6-2-1-3-7-11/h1-10,19H. The number of aromatic nitrogens is 4. The fourth-order valence-corrected chi connectivity index (χ4v) is 2.36. The lowest BCUT2D eigenvalue weighted by molar-refractivity contribution is 0.759. The summed E-state index contributed by atoms with van der Waals surface area (Å²) >= 11 is 0. The summed E-state index contributed by atoms with van der Waals surface area (Å²) in [5.41, 5.74) is 3.26. The third-order valence-electron chi connectivity index (χ3n) is 3.47. The van der Waals surface area contributed by atoms with Crippen molar-refractivity contribution in [2.75, 3.05) is 5.43 Å². The van der Waals surface area contributed by atoms with Gasteiger partial charge < -0.3 is 0 Å². The second-order valence-electron chi connectivity index (χ2n) is 4.95. The molecule has 2 aromatic heterocycles. The number of nitrogens with zero attached hydrogens (tertiary/aromatic N) is 4. The van der Waals surface area contributed by atoms with Gasteiger partial charge in [0.1, 0.15) is 6.33 Å². The van der Waals surface area contributed by atoms with Crippen LogP contribution in [0, 0.1) is 0 Å². The van der Waals surface area contributed by atoms with Gasteiger partial charge in [0.2, 0.25) is 5.65 Å². The Morgan fingerprint density at radius 3 is 2.43 bits per heavy atom. The van der Waals surface area contributed by atoms with E-state index in [-0.39, 0.29) is 11.2 Å². The molecule has 0 aliphatic carbocycles. The van der Waals surface area contributed by atoms with E-state index in [1.165, 1.54) is 11.0 Å². The van der Waals surface area contributed by atoms with Gasteiger partial charge in [-0.1, -0.05) is 30.3 Å². The zero-order chi connectivity index (χ0) is 15.8.